The van der Waals surface area contributed by atoms with E-state index in [0.717, 1.165) is 30.5 Å². The molecule has 144 valence electrons. The van der Waals surface area contributed by atoms with Gasteiger partial charge in [0, 0.05) is 32.5 Å². The number of aliphatic imine (C=N–C) groups is 1. The first-order valence-corrected chi connectivity index (χ1v) is 8.40. The van der Waals surface area contributed by atoms with Gasteiger partial charge in [-0.05, 0) is 36.2 Å². The number of aromatic nitrogens is 2. The van der Waals surface area contributed by atoms with Crippen LogP contribution in [-0.4, -0.2) is 49.6 Å². The van der Waals surface area contributed by atoms with Gasteiger partial charge in [0.25, 0.3) is 0 Å². The van der Waals surface area contributed by atoms with Gasteiger partial charge >= 0.3 is 0 Å². The lowest BCUT2D eigenvalue weighted by Crippen LogP contribution is -2.41. The van der Waals surface area contributed by atoms with Crippen LogP contribution in [0.5, 0.6) is 11.5 Å². The number of hydrogen-bond acceptors (Lipinski definition) is 4. The fourth-order valence-corrected chi connectivity index (χ4v) is 2.29. The van der Waals surface area contributed by atoms with Crippen molar-refractivity contribution in [3.63, 3.8) is 0 Å². The zero-order valence-electron chi connectivity index (χ0n) is 15.5. The standard InChI is InChI=1S/C18H27N5O2.HI/c1-15(14-23-11-4-9-22-23)13-21-18(19-2)20-10-12-25-17-7-5-16(24-3)6-8-17;/h4-9,11,15H,10,12-14H2,1-3H3,(H2,19,20,21);1H. The lowest BCUT2D eigenvalue weighted by Gasteiger charge is -2.16. The van der Waals surface area contributed by atoms with Crippen molar-refractivity contribution in [2.24, 2.45) is 10.9 Å². The molecule has 2 aromatic rings. The second-order valence-corrected chi connectivity index (χ2v) is 5.74. The van der Waals surface area contributed by atoms with E-state index < -0.39 is 0 Å². The van der Waals surface area contributed by atoms with Crippen LogP contribution in [0.4, 0.5) is 0 Å². The highest BCUT2D eigenvalue weighted by Crippen LogP contribution is 2.16. The summed E-state index contributed by atoms with van der Waals surface area (Å²) in [4.78, 5) is 4.22. The van der Waals surface area contributed by atoms with Gasteiger partial charge in [-0.3, -0.25) is 9.67 Å². The average Bonchev–Trinajstić information content (AvgIpc) is 3.14. The summed E-state index contributed by atoms with van der Waals surface area (Å²) in [6.07, 6.45) is 3.77. The van der Waals surface area contributed by atoms with Crippen LogP contribution in [0.3, 0.4) is 0 Å². The van der Waals surface area contributed by atoms with Crippen LogP contribution < -0.4 is 20.1 Å². The molecule has 1 aromatic heterocycles. The van der Waals surface area contributed by atoms with Crippen LogP contribution in [0, 0.1) is 5.92 Å². The summed E-state index contributed by atoms with van der Waals surface area (Å²) in [5.41, 5.74) is 0. The molecule has 0 radical (unpaired) electrons. The second-order valence-electron chi connectivity index (χ2n) is 5.74. The summed E-state index contributed by atoms with van der Waals surface area (Å²) in [5, 5.41) is 10.8. The van der Waals surface area contributed by atoms with Gasteiger partial charge in [-0.1, -0.05) is 6.92 Å². The van der Waals surface area contributed by atoms with Gasteiger partial charge in [0.15, 0.2) is 5.96 Å². The van der Waals surface area contributed by atoms with Gasteiger partial charge in [0.2, 0.25) is 0 Å². The molecule has 2 rings (SSSR count). The smallest absolute Gasteiger partial charge is 0.191 e. The molecule has 0 amide bonds. The number of hydrogen-bond donors (Lipinski definition) is 2. The molecule has 0 aliphatic heterocycles. The van der Waals surface area contributed by atoms with Crippen LogP contribution in [0.15, 0.2) is 47.7 Å². The van der Waals surface area contributed by atoms with Gasteiger partial charge < -0.3 is 20.1 Å². The topological polar surface area (TPSA) is 72.7 Å². The third kappa shape index (κ3) is 7.94. The van der Waals surface area contributed by atoms with Crippen molar-refractivity contribution in [1.82, 2.24) is 20.4 Å². The van der Waals surface area contributed by atoms with Gasteiger partial charge in [-0.2, -0.15) is 5.10 Å². The van der Waals surface area contributed by atoms with Crippen LogP contribution in [0.1, 0.15) is 6.92 Å². The lowest BCUT2D eigenvalue weighted by atomic mass is 10.2. The minimum absolute atomic E-state index is 0. The Morgan fingerprint density at radius 2 is 1.96 bits per heavy atom. The van der Waals surface area contributed by atoms with Crippen molar-refractivity contribution in [3.8, 4) is 11.5 Å². The SMILES string of the molecule is CN=C(NCCOc1ccc(OC)cc1)NCC(C)Cn1cccn1.I. The van der Waals surface area contributed by atoms with Crippen molar-refractivity contribution in [3.05, 3.63) is 42.7 Å². The molecule has 1 heterocycles. The first kappa shape index (κ1) is 22.1. The molecule has 1 atom stereocenters. The molecule has 0 saturated heterocycles. The number of halogens is 1. The van der Waals surface area contributed by atoms with Crippen molar-refractivity contribution in [2.45, 2.75) is 13.5 Å². The predicted octanol–water partition coefficient (Wildman–Crippen LogP) is 2.39. The second kappa shape index (κ2) is 12.4. The molecule has 0 spiro atoms. The Balaban J connectivity index is 0.00000338. The Kier molecular flexibility index (Phi) is 10.5. The molecule has 0 fully saturated rings. The Bertz CT molecular complexity index is 632. The average molecular weight is 473 g/mol. The molecule has 0 saturated carbocycles. The van der Waals surface area contributed by atoms with Crippen LogP contribution in [-0.2, 0) is 6.54 Å². The Morgan fingerprint density at radius 1 is 1.23 bits per heavy atom. The van der Waals surface area contributed by atoms with E-state index in [1.54, 1.807) is 20.4 Å². The van der Waals surface area contributed by atoms with Gasteiger partial charge in [-0.15, -0.1) is 24.0 Å². The zero-order chi connectivity index (χ0) is 17.9. The predicted molar refractivity (Wildman–Crippen MR) is 115 cm³/mol. The third-order valence-corrected chi connectivity index (χ3v) is 3.62. The highest BCUT2D eigenvalue weighted by molar-refractivity contribution is 14.0. The van der Waals surface area contributed by atoms with E-state index in [1.807, 2.05) is 41.2 Å². The number of nitrogens with one attached hydrogen (secondary N) is 2. The van der Waals surface area contributed by atoms with Crippen molar-refractivity contribution in [2.75, 3.05) is 33.9 Å². The van der Waals surface area contributed by atoms with Crippen LogP contribution >= 0.6 is 24.0 Å². The van der Waals surface area contributed by atoms with E-state index in [0.29, 0.717) is 19.1 Å². The number of guanidine groups is 1. The molecule has 0 bridgehead atoms. The molecule has 8 heteroatoms. The molecular weight excluding hydrogens is 445 g/mol. The largest absolute Gasteiger partial charge is 0.497 e. The molecule has 1 aromatic carbocycles. The maximum absolute atomic E-state index is 5.68. The quantitative estimate of drug-likeness (QED) is 0.253. The van der Waals surface area contributed by atoms with Crippen molar-refractivity contribution in [1.29, 1.82) is 0 Å². The fraction of sp³-hybridized carbons (Fsp3) is 0.444. The summed E-state index contributed by atoms with van der Waals surface area (Å²) in [5.74, 6) is 2.84. The van der Waals surface area contributed by atoms with Crippen LogP contribution in [0.25, 0.3) is 0 Å². The molecule has 26 heavy (non-hydrogen) atoms. The summed E-state index contributed by atoms with van der Waals surface area (Å²) in [7, 11) is 3.41. The maximum atomic E-state index is 5.68. The highest BCUT2D eigenvalue weighted by atomic mass is 127. The van der Waals surface area contributed by atoms with Gasteiger partial charge in [-0.25, -0.2) is 0 Å². The molecule has 1 unspecified atom stereocenters. The lowest BCUT2D eigenvalue weighted by molar-refractivity contribution is 0.321. The fourth-order valence-electron chi connectivity index (χ4n) is 2.29. The molecule has 7 nitrogen and oxygen atoms in total. The summed E-state index contributed by atoms with van der Waals surface area (Å²) < 4.78 is 12.7. The Hall–Kier alpha value is -1.97. The first-order chi connectivity index (χ1) is 12.2. The normalized spacial score (nSPS) is 12.0. The number of benzene rings is 1. The summed E-state index contributed by atoms with van der Waals surface area (Å²) in [6.45, 7) is 5.08. The third-order valence-electron chi connectivity index (χ3n) is 3.62. The summed E-state index contributed by atoms with van der Waals surface area (Å²) in [6, 6.07) is 9.48. The van der Waals surface area contributed by atoms with E-state index >= 15 is 0 Å². The zero-order valence-corrected chi connectivity index (χ0v) is 17.8. The Morgan fingerprint density at radius 3 is 2.58 bits per heavy atom. The molecular formula is C18H28IN5O2. The van der Waals surface area contributed by atoms with E-state index in [-0.39, 0.29) is 24.0 Å². The van der Waals surface area contributed by atoms with Crippen molar-refractivity contribution >= 4 is 29.9 Å². The molecule has 0 aliphatic carbocycles. The monoisotopic (exact) mass is 473 g/mol. The van der Waals surface area contributed by atoms with E-state index in [4.69, 9.17) is 9.47 Å². The minimum Gasteiger partial charge on any atom is -0.497 e. The van der Waals surface area contributed by atoms with E-state index in [9.17, 15) is 0 Å². The van der Waals surface area contributed by atoms with Crippen molar-refractivity contribution < 1.29 is 9.47 Å². The highest BCUT2D eigenvalue weighted by Gasteiger charge is 2.05. The Labute approximate surface area is 172 Å². The molecule has 0 aliphatic rings. The summed E-state index contributed by atoms with van der Waals surface area (Å²) >= 11 is 0. The minimum atomic E-state index is 0. The number of rotatable bonds is 9. The van der Waals surface area contributed by atoms with E-state index in [1.165, 1.54) is 0 Å². The van der Waals surface area contributed by atoms with E-state index in [2.05, 4.69) is 27.6 Å². The van der Waals surface area contributed by atoms with Gasteiger partial charge in [0.05, 0.1) is 13.7 Å². The number of methoxy groups -OCH3 is 1. The first-order valence-electron chi connectivity index (χ1n) is 8.40. The number of ether oxygens (including phenoxy) is 2. The van der Waals surface area contributed by atoms with Crippen LogP contribution in [0.2, 0.25) is 0 Å². The molecule has 2 N–H and O–H groups in total. The van der Waals surface area contributed by atoms with Gasteiger partial charge in [0.1, 0.15) is 18.1 Å². The number of nitrogens with zero attached hydrogens (tertiary/aromatic N) is 3. The maximum Gasteiger partial charge on any atom is 0.191 e.